The number of carbonyl (C=O) groups excluding carboxylic acids is 1. The minimum Gasteiger partial charge on any atom is -0.409 e. The Balaban J connectivity index is 2.04. The third-order valence-corrected chi connectivity index (χ3v) is 5.14. The van der Waals surface area contributed by atoms with Crippen molar-refractivity contribution >= 4 is 11.7 Å². The molecule has 1 saturated carbocycles. The number of hydrogen-bond acceptors (Lipinski definition) is 4. The predicted molar refractivity (Wildman–Crippen MR) is 82.1 cm³/mol. The fourth-order valence-corrected chi connectivity index (χ4v) is 4.00. The normalized spacial score (nSPS) is 33.8. The second-order valence-electron chi connectivity index (χ2n) is 6.69. The number of likely N-dealkylation sites (tertiary alicyclic amines) is 1. The van der Waals surface area contributed by atoms with Crippen molar-refractivity contribution in [1.29, 1.82) is 0 Å². The molecule has 0 aromatic rings. The van der Waals surface area contributed by atoms with E-state index in [1.165, 1.54) is 6.42 Å². The molecule has 3 N–H and O–H groups in total. The Labute approximate surface area is 127 Å². The number of amidine groups is 1. The van der Waals surface area contributed by atoms with Crippen LogP contribution in [0.1, 0.15) is 39.5 Å². The highest BCUT2D eigenvalue weighted by molar-refractivity contribution is 6.07. The van der Waals surface area contributed by atoms with Gasteiger partial charge in [-0.05, 0) is 44.7 Å². The molecule has 21 heavy (non-hydrogen) atoms. The molecular weight excluding hydrogens is 268 g/mol. The Bertz CT molecular complexity index is 418. The van der Waals surface area contributed by atoms with Gasteiger partial charge in [-0.25, -0.2) is 0 Å². The third kappa shape index (κ3) is 2.86. The highest BCUT2D eigenvalue weighted by atomic mass is 16.4. The zero-order valence-electron chi connectivity index (χ0n) is 13.4. The summed E-state index contributed by atoms with van der Waals surface area (Å²) in [7, 11) is 1.84. The van der Waals surface area contributed by atoms with E-state index in [9.17, 15) is 4.79 Å². The van der Waals surface area contributed by atoms with Crippen LogP contribution >= 0.6 is 0 Å². The quantitative estimate of drug-likeness (QED) is 0.344. The maximum Gasteiger partial charge on any atom is 0.236 e. The summed E-state index contributed by atoms with van der Waals surface area (Å²) in [4.78, 5) is 17.0. The van der Waals surface area contributed by atoms with Crippen LogP contribution in [0.2, 0.25) is 0 Å². The van der Waals surface area contributed by atoms with E-state index in [4.69, 9.17) is 10.9 Å². The first-order valence-electron chi connectivity index (χ1n) is 7.92. The van der Waals surface area contributed by atoms with Crippen LogP contribution < -0.4 is 5.73 Å². The van der Waals surface area contributed by atoms with Gasteiger partial charge in [0.05, 0.1) is 0 Å². The van der Waals surface area contributed by atoms with Gasteiger partial charge in [0.25, 0.3) is 0 Å². The lowest BCUT2D eigenvalue weighted by atomic mass is 9.61. The third-order valence-electron chi connectivity index (χ3n) is 5.14. The van der Waals surface area contributed by atoms with E-state index in [0.717, 1.165) is 26.1 Å². The van der Waals surface area contributed by atoms with E-state index >= 15 is 0 Å². The first-order chi connectivity index (χ1) is 9.94. The molecule has 2 fully saturated rings. The van der Waals surface area contributed by atoms with Crippen molar-refractivity contribution in [2.45, 2.75) is 45.6 Å². The number of likely N-dealkylation sites (N-methyl/N-ethyl adjacent to an activating group) is 2. The van der Waals surface area contributed by atoms with E-state index < -0.39 is 5.41 Å². The lowest BCUT2D eigenvalue weighted by Crippen LogP contribution is -2.58. The minimum atomic E-state index is -0.779. The minimum absolute atomic E-state index is 0.00106. The first-order valence-corrected chi connectivity index (χ1v) is 7.92. The second-order valence-corrected chi connectivity index (χ2v) is 6.69. The molecule has 1 heterocycles. The molecule has 1 saturated heterocycles. The topological polar surface area (TPSA) is 82.2 Å². The van der Waals surface area contributed by atoms with Crippen molar-refractivity contribution in [2.24, 2.45) is 22.2 Å². The van der Waals surface area contributed by atoms with E-state index in [0.29, 0.717) is 24.8 Å². The molecule has 2 aliphatic rings. The predicted octanol–water partition coefficient (Wildman–Crippen LogP) is 1.09. The van der Waals surface area contributed by atoms with Gasteiger partial charge < -0.3 is 15.8 Å². The Hall–Kier alpha value is -1.30. The summed E-state index contributed by atoms with van der Waals surface area (Å²) in [6.45, 7) is 7.11. The summed E-state index contributed by atoms with van der Waals surface area (Å²) in [5.74, 6) is 0.511. The molecule has 6 heteroatoms. The van der Waals surface area contributed by atoms with E-state index in [-0.39, 0.29) is 11.7 Å². The first kappa shape index (κ1) is 16.1. The second kappa shape index (κ2) is 6.22. The molecule has 0 spiro atoms. The summed E-state index contributed by atoms with van der Waals surface area (Å²) in [6.07, 6.45) is 3.68. The molecule has 2 rings (SSSR count). The highest BCUT2D eigenvalue weighted by Gasteiger charge is 2.53. The number of amides is 1. The molecule has 1 aliphatic carbocycles. The monoisotopic (exact) mass is 296 g/mol. The molecule has 0 aromatic heterocycles. The molecule has 1 unspecified atom stereocenters. The van der Waals surface area contributed by atoms with E-state index in [2.05, 4.69) is 23.9 Å². The smallest absolute Gasteiger partial charge is 0.236 e. The van der Waals surface area contributed by atoms with Crippen LogP contribution in [0, 0.1) is 11.3 Å². The fraction of sp³-hybridized carbons (Fsp3) is 0.867. The van der Waals surface area contributed by atoms with Gasteiger partial charge >= 0.3 is 0 Å². The summed E-state index contributed by atoms with van der Waals surface area (Å²) < 4.78 is 0. The van der Waals surface area contributed by atoms with Crippen LogP contribution in [0.25, 0.3) is 0 Å². The van der Waals surface area contributed by atoms with Crippen LogP contribution in [0.4, 0.5) is 0 Å². The summed E-state index contributed by atoms with van der Waals surface area (Å²) in [5, 5.41) is 12.1. The Morgan fingerprint density at radius 3 is 2.71 bits per heavy atom. The van der Waals surface area contributed by atoms with Gasteiger partial charge in [-0.1, -0.05) is 19.0 Å². The van der Waals surface area contributed by atoms with Gasteiger partial charge in [0, 0.05) is 19.6 Å². The highest BCUT2D eigenvalue weighted by Crippen LogP contribution is 2.47. The molecule has 0 bridgehead atoms. The number of rotatable bonds is 5. The van der Waals surface area contributed by atoms with Crippen molar-refractivity contribution in [3.63, 3.8) is 0 Å². The van der Waals surface area contributed by atoms with Gasteiger partial charge in [-0.3, -0.25) is 9.69 Å². The number of hydrogen-bond donors (Lipinski definition) is 2. The Morgan fingerprint density at radius 1 is 1.52 bits per heavy atom. The fourth-order valence-electron chi connectivity index (χ4n) is 4.00. The van der Waals surface area contributed by atoms with Crippen LogP contribution in [0.5, 0.6) is 0 Å². The number of carbonyl (C=O) groups is 1. The number of nitrogens with two attached hydrogens (primary N) is 1. The van der Waals surface area contributed by atoms with Crippen molar-refractivity contribution in [3.05, 3.63) is 0 Å². The van der Waals surface area contributed by atoms with Crippen LogP contribution in [-0.4, -0.2) is 59.5 Å². The largest absolute Gasteiger partial charge is 0.409 e. The average Bonchev–Trinajstić information content (AvgIpc) is 2.89. The molecule has 120 valence electrons. The van der Waals surface area contributed by atoms with Gasteiger partial charge in [0.2, 0.25) is 5.91 Å². The summed E-state index contributed by atoms with van der Waals surface area (Å²) in [5.41, 5.74) is 5.04. The number of oxime groups is 1. The van der Waals surface area contributed by atoms with Crippen LogP contribution in [0.3, 0.4) is 0 Å². The maximum atomic E-state index is 12.8. The molecule has 1 amide bonds. The van der Waals surface area contributed by atoms with Crippen molar-refractivity contribution in [2.75, 3.05) is 26.7 Å². The standard InChI is InChI=1S/C15H28N4O2/c1-4-19-7-5-6-12(19)10-18(3)14(20)15(13(16)17-21)8-11(2)9-15/h11-12,21H,4-10H2,1-3H3,(H2,16,17). The lowest BCUT2D eigenvalue weighted by molar-refractivity contribution is -0.143. The van der Waals surface area contributed by atoms with Crippen molar-refractivity contribution < 1.29 is 10.0 Å². The van der Waals surface area contributed by atoms with Gasteiger partial charge in [0.1, 0.15) is 5.41 Å². The lowest BCUT2D eigenvalue weighted by Gasteiger charge is -2.46. The molecule has 6 nitrogen and oxygen atoms in total. The van der Waals surface area contributed by atoms with Gasteiger partial charge in [0.15, 0.2) is 5.84 Å². The zero-order chi connectivity index (χ0) is 15.6. The zero-order valence-corrected chi connectivity index (χ0v) is 13.4. The molecular formula is C15H28N4O2. The van der Waals surface area contributed by atoms with Gasteiger partial charge in [-0.2, -0.15) is 0 Å². The summed E-state index contributed by atoms with van der Waals surface area (Å²) >= 11 is 0. The van der Waals surface area contributed by atoms with Crippen LogP contribution in [0.15, 0.2) is 5.16 Å². The van der Waals surface area contributed by atoms with Crippen LogP contribution in [-0.2, 0) is 4.79 Å². The molecule has 1 aliphatic heterocycles. The van der Waals surface area contributed by atoms with Gasteiger partial charge in [-0.15, -0.1) is 0 Å². The Kier molecular flexibility index (Phi) is 4.76. The van der Waals surface area contributed by atoms with Crippen molar-refractivity contribution in [1.82, 2.24) is 9.80 Å². The van der Waals surface area contributed by atoms with Crippen molar-refractivity contribution in [3.8, 4) is 0 Å². The number of nitrogens with zero attached hydrogens (tertiary/aromatic N) is 3. The SMILES string of the molecule is CCN1CCCC1CN(C)C(=O)C1(C(N)=NO)CC(C)C1. The van der Waals surface area contributed by atoms with E-state index in [1.54, 1.807) is 4.90 Å². The Morgan fingerprint density at radius 2 is 2.19 bits per heavy atom. The average molecular weight is 296 g/mol. The van der Waals surface area contributed by atoms with E-state index in [1.807, 2.05) is 7.05 Å². The summed E-state index contributed by atoms with van der Waals surface area (Å²) in [6, 6.07) is 0.436. The molecule has 0 radical (unpaired) electrons. The maximum absolute atomic E-state index is 12.8. The molecule has 1 atom stereocenters. The molecule has 0 aromatic carbocycles.